The summed E-state index contributed by atoms with van der Waals surface area (Å²) in [4.78, 5) is 14.5. The van der Waals surface area contributed by atoms with Crippen LogP contribution in [0.1, 0.15) is 26.2 Å². The average molecular weight is 364 g/mol. The highest BCUT2D eigenvalue weighted by Crippen LogP contribution is 2.22. The number of benzene rings is 1. The van der Waals surface area contributed by atoms with Crippen molar-refractivity contribution in [2.24, 2.45) is 0 Å². The van der Waals surface area contributed by atoms with Gasteiger partial charge in [-0.1, -0.05) is 18.5 Å². The van der Waals surface area contributed by atoms with Crippen LogP contribution < -0.4 is 10.6 Å². The molecule has 0 aliphatic carbocycles. The van der Waals surface area contributed by atoms with Crippen molar-refractivity contribution in [3.8, 4) is 0 Å². The Kier molecular flexibility index (Phi) is 8.84. The first-order chi connectivity index (χ1) is 10.6. The fourth-order valence-corrected chi connectivity index (χ4v) is 3.03. The molecule has 1 heterocycles. The summed E-state index contributed by atoms with van der Waals surface area (Å²) >= 11 is 5.94. The number of anilines is 1. The van der Waals surface area contributed by atoms with Crippen molar-refractivity contribution in [1.29, 1.82) is 0 Å². The molecule has 1 saturated heterocycles. The lowest BCUT2D eigenvalue weighted by atomic mass is 10.0. The van der Waals surface area contributed by atoms with Crippen molar-refractivity contribution in [1.82, 2.24) is 10.2 Å². The molecule has 0 unspecified atom stereocenters. The summed E-state index contributed by atoms with van der Waals surface area (Å²) in [6.07, 6.45) is 3.13. The second-order valence-electron chi connectivity index (χ2n) is 5.62. The molecule has 0 atom stereocenters. The zero-order valence-electron chi connectivity index (χ0n) is 13.3. The molecule has 1 fully saturated rings. The van der Waals surface area contributed by atoms with E-state index in [1.165, 1.54) is 18.2 Å². The Bertz CT molecular complexity index is 510. The quantitative estimate of drug-likeness (QED) is 0.814. The zero-order chi connectivity index (χ0) is 15.9. The molecule has 0 spiro atoms. The van der Waals surface area contributed by atoms with Gasteiger partial charge >= 0.3 is 0 Å². The van der Waals surface area contributed by atoms with Gasteiger partial charge in [-0.2, -0.15) is 0 Å². The number of carbonyl (C=O) groups excluding carboxylic acids is 1. The van der Waals surface area contributed by atoms with Crippen molar-refractivity contribution in [2.45, 2.75) is 32.2 Å². The molecule has 1 amide bonds. The number of halogens is 3. The molecule has 0 radical (unpaired) electrons. The second-order valence-corrected chi connectivity index (χ2v) is 6.03. The Balaban J connectivity index is 0.00000264. The Morgan fingerprint density at radius 3 is 2.74 bits per heavy atom. The van der Waals surface area contributed by atoms with Gasteiger partial charge in [0.1, 0.15) is 5.82 Å². The van der Waals surface area contributed by atoms with E-state index in [-0.39, 0.29) is 23.3 Å². The maximum atomic E-state index is 13.0. The summed E-state index contributed by atoms with van der Waals surface area (Å²) in [6.45, 7) is 5.34. The molecule has 2 rings (SSSR count). The molecule has 1 aromatic rings. The number of rotatable bonds is 6. The summed E-state index contributed by atoms with van der Waals surface area (Å²) in [5.41, 5.74) is 0.454. The van der Waals surface area contributed by atoms with Crippen molar-refractivity contribution in [3.05, 3.63) is 29.0 Å². The Morgan fingerprint density at radius 1 is 1.43 bits per heavy atom. The van der Waals surface area contributed by atoms with Crippen LogP contribution in [-0.4, -0.2) is 43.0 Å². The van der Waals surface area contributed by atoms with Gasteiger partial charge in [0, 0.05) is 6.04 Å². The Hall–Kier alpha value is -0.880. The first-order valence-electron chi connectivity index (χ1n) is 7.80. The first kappa shape index (κ1) is 20.2. The number of amides is 1. The summed E-state index contributed by atoms with van der Waals surface area (Å²) in [5, 5.41) is 6.33. The monoisotopic (exact) mass is 363 g/mol. The van der Waals surface area contributed by atoms with E-state index in [0.717, 1.165) is 38.9 Å². The van der Waals surface area contributed by atoms with Gasteiger partial charge in [-0.3, -0.25) is 9.69 Å². The van der Waals surface area contributed by atoms with Crippen LogP contribution >= 0.6 is 24.0 Å². The van der Waals surface area contributed by atoms with Gasteiger partial charge in [0.2, 0.25) is 5.91 Å². The van der Waals surface area contributed by atoms with E-state index >= 15 is 0 Å². The van der Waals surface area contributed by atoms with Crippen molar-refractivity contribution in [3.63, 3.8) is 0 Å². The molecule has 1 aromatic carbocycles. The maximum absolute atomic E-state index is 13.0. The first-order valence-corrected chi connectivity index (χ1v) is 8.17. The molecule has 0 saturated carbocycles. The van der Waals surface area contributed by atoms with Crippen LogP contribution in [0.3, 0.4) is 0 Å². The van der Waals surface area contributed by atoms with E-state index in [2.05, 4.69) is 22.5 Å². The van der Waals surface area contributed by atoms with Crippen LogP contribution in [-0.2, 0) is 4.79 Å². The largest absolute Gasteiger partial charge is 0.324 e. The Morgan fingerprint density at radius 2 is 2.13 bits per heavy atom. The third-order valence-corrected chi connectivity index (χ3v) is 4.20. The number of nitrogens with one attached hydrogen (secondary N) is 2. The van der Waals surface area contributed by atoms with Crippen LogP contribution in [0.25, 0.3) is 0 Å². The van der Waals surface area contributed by atoms with E-state index in [0.29, 0.717) is 18.3 Å². The summed E-state index contributed by atoms with van der Waals surface area (Å²) in [5.74, 6) is -0.522. The predicted octanol–water partition coefficient (Wildman–Crippen LogP) is 3.30. The standard InChI is InChI=1S/C16H23ClFN3O.ClH/c1-2-9-21(13-5-7-19-8-6-13)11-16(22)20-15-4-3-12(18)10-14(15)17;/h3-4,10,13,19H,2,5-9,11H2,1H3,(H,20,22);1H. The maximum Gasteiger partial charge on any atom is 0.238 e. The van der Waals surface area contributed by atoms with Crippen molar-refractivity contribution >= 4 is 35.6 Å². The summed E-state index contributed by atoms with van der Waals surface area (Å²) < 4.78 is 13.0. The third-order valence-electron chi connectivity index (χ3n) is 3.89. The van der Waals surface area contributed by atoms with E-state index in [1.807, 2.05) is 0 Å². The highest BCUT2D eigenvalue weighted by molar-refractivity contribution is 6.33. The molecule has 130 valence electrons. The molecular weight excluding hydrogens is 340 g/mol. The Labute approximate surface area is 148 Å². The number of carbonyl (C=O) groups is 1. The fraction of sp³-hybridized carbons (Fsp3) is 0.562. The van der Waals surface area contributed by atoms with Gasteiger partial charge in [0.05, 0.1) is 17.3 Å². The number of hydrogen-bond donors (Lipinski definition) is 2. The van der Waals surface area contributed by atoms with Crippen LogP contribution in [0.15, 0.2) is 18.2 Å². The molecule has 7 heteroatoms. The topological polar surface area (TPSA) is 44.4 Å². The highest BCUT2D eigenvalue weighted by atomic mass is 35.5. The van der Waals surface area contributed by atoms with Gasteiger partial charge in [-0.15, -0.1) is 12.4 Å². The smallest absolute Gasteiger partial charge is 0.238 e. The van der Waals surface area contributed by atoms with Crippen LogP contribution in [0.2, 0.25) is 5.02 Å². The molecule has 1 aliphatic heterocycles. The molecule has 4 nitrogen and oxygen atoms in total. The second kappa shape index (κ2) is 10.1. The van der Waals surface area contributed by atoms with Crippen molar-refractivity contribution < 1.29 is 9.18 Å². The van der Waals surface area contributed by atoms with Crippen molar-refractivity contribution in [2.75, 3.05) is 31.5 Å². The lowest BCUT2D eigenvalue weighted by molar-refractivity contribution is -0.118. The third kappa shape index (κ3) is 6.26. The molecule has 0 bridgehead atoms. The minimum absolute atomic E-state index is 0. The van der Waals surface area contributed by atoms with Gasteiger partial charge in [-0.25, -0.2) is 4.39 Å². The van der Waals surface area contributed by atoms with E-state index < -0.39 is 5.82 Å². The van der Waals surface area contributed by atoms with Crippen LogP contribution in [0.4, 0.5) is 10.1 Å². The summed E-state index contributed by atoms with van der Waals surface area (Å²) in [6, 6.07) is 4.42. The average Bonchev–Trinajstić information content (AvgIpc) is 2.50. The van der Waals surface area contributed by atoms with Gasteiger partial charge in [0.15, 0.2) is 0 Å². The van der Waals surface area contributed by atoms with Crippen LogP contribution in [0, 0.1) is 5.82 Å². The minimum Gasteiger partial charge on any atom is -0.324 e. The normalized spacial score (nSPS) is 15.3. The summed E-state index contributed by atoms with van der Waals surface area (Å²) in [7, 11) is 0. The molecule has 23 heavy (non-hydrogen) atoms. The molecule has 0 aromatic heterocycles. The molecular formula is C16H24Cl2FN3O. The van der Waals surface area contributed by atoms with Gasteiger partial charge in [0.25, 0.3) is 0 Å². The predicted molar refractivity (Wildman–Crippen MR) is 95.0 cm³/mol. The lowest BCUT2D eigenvalue weighted by Crippen LogP contribution is -2.46. The SMILES string of the molecule is CCCN(CC(=O)Nc1ccc(F)cc1Cl)C1CCNCC1.Cl. The van der Waals surface area contributed by atoms with Crippen LogP contribution in [0.5, 0.6) is 0 Å². The molecule has 1 aliphatic rings. The number of piperidine rings is 1. The number of nitrogens with zero attached hydrogens (tertiary/aromatic N) is 1. The fourth-order valence-electron chi connectivity index (χ4n) is 2.81. The lowest BCUT2D eigenvalue weighted by Gasteiger charge is -2.34. The zero-order valence-corrected chi connectivity index (χ0v) is 14.9. The molecule has 2 N–H and O–H groups in total. The van der Waals surface area contributed by atoms with E-state index in [1.54, 1.807) is 0 Å². The van der Waals surface area contributed by atoms with Gasteiger partial charge in [-0.05, 0) is 57.1 Å². The number of hydrogen-bond acceptors (Lipinski definition) is 3. The van der Waals surface area contributed by atoms with E-state index in [9.17, 15) is 9.18 Å². The highest BCUT2D eigenvalue weighted by Gasteiger charge is 2.22. The minimum atomic E-state index is -0.412. The van der Waals surface area contributed by atoms with Gasteiger partial charge < -0.3 is 10.6 Å². The van der Waals surface area contributed by atoms with E-state index in [4.69, 9.17) is 11.6 Å².